The van der Waals surface area contributed by atoms with E-state index in [4.69, 9.17) is 9.72 Å². The van der Waals surface area contributed by atoms with Gasteiger partial charge < -0.3 is 9.84 Å². The van der Waals surface area contributed by atoms with E-state index in [-0.39, 0.29) is 0 Å². The molecule has 1 aromatic rings. The fraction of sp³-hybridized carbons (Fsp3) is 0.812. The van der Waals surface area contributed by atoms with Crippen molar-refractivity contribution in [2.75, 3.05) is 39.4 Å². The van der Waals surface area contributed by atoms with Crippen LogP contribution in [0.2, 0.25) is 0 Å². The van der Waals surface area contributed by atoms with Gasteiger partial charge in [0, 0.05) is 18.5 Å². The molecule has 0 aliphatic carbocycles. The Morgan fingerprint density at radius 3 is 2.59 bits per heavy atom. The van der Waals surface area contributed by atoms with E-state index >= 15 is 0 Å². The molecule has 0 aromatic carbocycles. The summed E-state index contributed by atoms with van der Waals surface area (Å²) in [4.78, 5) is 9.53. The summed E-state index contributed by atoms with van der Waals surface area (Å²) in [5.74, 6) is 0. The third kappa shape index (κ3) is 3.36. The average Bonchev–Trinajstić information content (AvgIpc) is 2.95. The van der Waals surface area contributed by atoms with Crippen LogP contribution in [0.3, 0.4) is 0 Å². The van der Waals surface area contributed by atoms with E-state index in [1.165, 1.54) is 0 Å². The van der Waals surface area contributed by atoms with Crippen LogP contribution in [0.25, 0.3) is 0 Å². The van der Waals surface area contributed by atoms with Gasteiger partial charge in [-0.1, -0.05) is 13.8 Å². The van der Waals surface area contributed by atoms with E-state index in [1.54, 1.807) is 11.3 Å². The molecule has 0 saturated carbocycles. The summed E-state index contributed by atoms with van der Waals surface area (Å²) in [5, 5.41) is 14.1. The zero-order valence-electron chi connectivity index (χ0n) is 13.6. The second-order valence-corrected chi connectivity index (χ2v) is 7.29. The molecule has 1 aromatic heterocycles. The van der Waals surface area contributed by atoms with Gasteiger partial charge in [-0.25, -0.2) is 4.98 Å². The molecule has 2 aliphatic heterocycles. The highest BCUT2D eigenvalue weighted by molar-refractivity contribution is 7.09. The van der Waals surface area contributed by atoms with Gasteiger partial charge in [-0.2, -0.15) is 0 Å². The van der Waals surface area contributed by atoms with E-state index in [0.717, 1.165) is 69.5 Å². The Morgan fingerprint density at radius 2 is 2.05 bits per heavy atom. The van der Waals surface area contributed by atoms with Crippen LogP contribution in [0.5, 0.6) is 0 Å². The highest BCUT2D eigenvalue weighted by Gasteiger charge is 2.39. The number of piperidine rings is 1. The van der Waals surface area contributed by atoms with Gasteiger partial charge in [0.25, 0.3) is 0 Å². The van der Waals surface area contributed by atoms with Crippen molar-refractivity contribution in [1.29, 1.82) is 0 Å². The number of ether oxygens (including phenoxy) is 1. The summed E-state index contributed by atoms with van der Waals surface area (Å²) in [6, 6.07) is 0.568. The standard InChI is InChI=1S/C16H27N3O2S/c1-3-18(4-2)9-15-17-14(12-22-15)16(20)5-7-19(8-6-16)13-10-21-11-13/h12-13,20H,3-11H2,1-2H3. The number of aromatic nitrogens is 1. The zero-order chi connectivity index (χ0) is 15.6. The van der Waals surface area contributed by atoms with Gasteiger partial charge in [-0.15, -0.1) is 11.3 Å². The van der Waals surface area contributed by atoms with Gasteiger partial charge >= 0.3 is 0 Å². The minimum absolute atomic E-state index is 0.568. The summed E-state index contributed by atoms with van der Waals surface area (Å²) in [7, 11) is 0. The van der Waals surface area contributed by atoms with Crippen molar-refractivity contribution in [3.63, 3.8) is 0 Å². The number of nitrogens with zero attached hydrogens (tertiary/aromatic N) is 3. The van der Waals surface area contributed by atoms with E-state index < -0.39 is 5.60 Å². The second kappa shape index (κ2) is 6.93. The summed E-state index contributed by atoms with van der Waals surface area (Å²) in [6.07, 6.45) is 1.55. The fourth-order valence-corrected chi connectivity index (χ4v) is 4.11. The molecule has 124 valence electrons. The third-order valence-corrected chi connectivity index (χ3v) is 5.88. The maximum Gasteiger partial charge on any atom is 0.110 e. The van der Waals surface area contributed by atoms with Crippen LogP contribution in [-0.2, 0) is 16.9 Å². The third-order valence-electron chi connectivity index (χ3n) is 5.04. The Labute approximate surface area is 136 Å². The van der Waals surface area contributed by atoms with Gasteiger partial charge in [-0.05, 0) is 25.9 Å². The highest BCUT2D eigenvalue weighted by atomic mass is 32.1. The minimum atomic E-state index is -0.737. The molecule has 0 spiro atoms. The van der Waals surface area contributed by atoms with Crippen molar-refractivity contribution >= 4 is 11.3 Å². The molecule has 0 radical (unpaired) electrons. The van der Waals surface area contributed by atoms with Crippen LogP contribution in [-0.4, -0.2) is 65.3 Å². The van der Waals surface area contributed by atoms with Crippen molar-refractivity contribution in [2.24, 2.45) is 0 Å². The quantitative estimate of drug-likeness (QED) is 0.862. The summed E-state index contributed by atoms with van der Waals surface area (Å²) < 4.78 is 5.27. The van der Waals surface area contributed by atoms with Crippen LogP contribution < -0.4 is 0 Å². The van der Waals surface area contributed by atoms with Gasteiger partial charge in [0.15, 0.2) is 0 Å². The number of rotatable bonds is 6. The Bertz CT molecular complexity index is 477. The second-order valence-electron chi connectivity index (χ2n) is 6.35. The van der Waals surface area contributed by atoms with Gasteiger partial charge in [0.1, 0.15) is 10.6 Å². The van der Waals surface area contributed by atoms with Gasteiger partial charge in [0.05, 0.1) is 31.5 Å². The van der Waals surface area contributed by atoms with Crippen LogP contribution in [0.1, 0.15) is 37.4 Å². The number of hydrogen-bond acceptors (Lipinski definition) is 6. The zero-order valence-corrected chi connectivity index (χ0v) is 14.4. The Hall–Kier alpha value is -0.530. The first-order valence-corrected chi connectivity index (χ1v) is 9.24. The topological polar surface area (TPSA) is 48.8 Å². The molecule has 3 rings (SSSR count). The smallest absolute Gasteiger partial charge is 0.110 e. The molecule has 22 heavy (non-hydrogen) atoms. The van der Waals surface area contributed by atoms with Crippen molar-refractivity contribution < 1.29 is 9.84 Å². The van der Waals surface area contributed by atoms with E-state index in [1.807, 2.05) is 0 Å². The average molecular weight is 325 g/mol. The lowest BCUT2D eigenvalue weighted by atomic mass is 9.88. The van der Waals surface area contributed by atoms with Crippen molar-refractivity contribution in [1.82, 2.24) is 14.8 Å². The maximum absolute atomic E-state index is 11.0. The summed E-state index contributed by atoms with van der Waals surface area (Å²) in [6.45, 7) is 10.9. The molecule has 2 saturated heterocycles. The molecule has 5 nitrogen and oxygen atoms in total. The Balaban J connectivity index is 1.60. The molecule has 0 amide bonds. The molecular weight excluding hydrogens is 298 g/mol. The number of aliphatic hydroxyl groups is 1. The lowest BCUT2D eigenvalue weighted by Crippen LogP contribution is -2.54. The Morgan fingerprint density at radius 1 is 1.36 bits per heavy atom. The van der Waals surface area contributed by atoms with Crippen LogP contribution in [0, 0.1) is 0 Å². The monoisotopic (exact) mass is 325 g/mol. The normalized spacial score (nSPS) is 22.9. The van der Waals surface area contributed by atoms with E-state index in [0.29, 0.717) is 6.04 Å². The molecule has 0 bridgehead atoms. The number of thiazole rings is 1. The van der Waals surface area contributed by atoms with Crippen molar-refractivity contribution in [3.05, 3.63) is 16.1 Å². The molecule has 0 atom stereocenters. The van der Waals surface area contributed by atoms with Gasteiger partial charge in [-0.3, -0.25) is 9.80 Å². The minimum Gasteiger partial charge on any atom is -0.383 e. The SMILES string of the molecule is CCN(CC)Cc1nc(C2(O)CCN(C3COC3)CC2)cs1. The van der Waals surface area contributed by atoms with Crippen molar-refractivity contribution in [3.8, 4) is 0 Å². The highest BCUT2D eigenvalue weighted by Crippen LogP contribution is 2.34. The molecule has 3 heterocycles. The lowest BCUT2D eigenvalue weighted by Gasteiger charge is -2.43. The van der Waals surface area contributed by atoms with Crippen LogP contribution in [0.15, 0.2) is 5.38 Å². The first-order valence-electron chi connectivity index (χ1n) is 8.36. The Kier molecular flexibility index (Phi) is 5.14. The van der Waals surface area contributed by atoms with Crippen LogP contribution in [0.4, 0.5) is 0 Å². The first-order chi connectivity index (χ1) is 10.6. The molecular formula is C16H27N3O2S. The largest absolute Gasteiger partial charge is 0.383 e. The van der Waals surface area contributed by atoms with E-state index in [2.05, 4.69) is 29.0 Å². The van der Waals surface area contributed by atoms with Crippen LogP contribution >= 0.6 is 11.3 Å². The molecule has 6 heteroatoms. The predicted molar refractivity (Wildman–Crippen MR) is 88.0 cm³/mol. The van der Waals surface area contributed by atoms with Crippen molar-refractivity contribution in [2.45, 2.75) is 44.9 Å². The molecule has 2 aliphatic rings. The van der Waals surface area contributed by atoms with Gasteiger partial charge in [0.2, 0.25) is 0 Å². The predicted octanol–water partition coefficient (Wildman–Crippen LogP) is 1.67. The molecule has 1 N–H and O–H groups in total. The lowest BCUT2D eigenvalue weighted by molar-refractivity contribution is -0.102. The first kappa shape index (κ1) is 16.3. The molecule has 2 fully saturated rings. The fourth-order valence-electron chi connectivity index (χ4n) is 3.19. The maximum atomic E-state index is 11.0. The summed E-state index contributed by atoms with van der Waals surface area (Å²) in [5.41, 5.74) is 0.142. The number of likely N-dealkylation sites (tertiary alicyclic amines) is 1. The van der Waals surface area contributed by atoms with E-state index in [9.17, 15) is 5.11 Å². The summed E-state index contributed by atoms with van der Waals surface area (Å²) >= 11 is 1.68. The number of hydrogen-bond donors (Lipinski definition) is 1. The molecule has 0 unspecified atom stereocenters.